The van der Waals surface area contributed by atoms with Crippen molar-refractivity contribution in [3.05, 3.63) is 28.2 Å². The zero-order chi connectivity index (χ0) is 12.6. The van der Waals surface area contributed by atoms with Crippen LogP contribution in [-0.2, 0) is 6.18 Å². The lowest BCUT2D eigenvalue weighted by Gasteiger charge is -1.99. The summed E-state index contributed by atoms with van der Waals surface area (Å²) in [6.45, 7) is 0. The third-order valence-corrected chi connectivity index (χ3v) is 1.91. The molecule has 4 N–H and O–H groups in total. The molecule has 0 aliphatic rings. The van der Waals surface area contributed by atoms with Crippen LogP contribution in [0.5, 0.6) is 0 Å². The van der Waals surface area contributed by atoms with Gasteiger partial charge in [-0.1, -0.05) is 0 Å². The fraction of sp³-hybridized carbons (Fsp3) is 0.125. The third-order valence-electron chi connectivity index (χ3n) is 1.91. The van der Waals surface area contributed by atoms with E-state index in [4.69, 9.17) is 5.73 Å². The average molecular weight is 245 g/mol. The molecule has 0 amide bonds. The Balaban J connectivity index is 2.47. The van der Waals surface area contributed by atoms with Gasteiger partial charge >= 0.3 is 6.18 Å². The number of aromatic nitrogens is 4. The van der Waals surface area contributed by atoms with Gasteiger partial charge in [0, 0.05) is 6.07 Å². The van der Waals surface area contributed by atoms with Gasteiger partial charge in [-0.15, -0.1) is 0 Å². The molecule has 9 heteroatoms. The van der Waals surface area contributed by atoms with Crippen molar-refractivity contribution in [2.45, 2.75) is 6.18 Å². The fourth-order valence-corrected chi connectivity index (χ4v) is 1.21. The highest BCUT2D eigenvalue weighted by Crippen LogP contribution is 2.29. The summed E-state index contributed by atoms with van der Waals surface area (Å²) < 4.78 is 36.9. The number of nitrogen functional groups attached to an aromatic ring is 1. The maximum absolute atomic E-state index is 12.3. The summed E-state index contributed by atoms with van der Waals surface area (Å²) in [6.07, 6.45) is -4.53. The van der Waals surface area contributed by atoms with E-state index >= 15 is 0 Å². The van der Waals surface area contributed by atoms with Gasteiger partial charge in [0.2, 0.25) is 5.95 Å². The van der Waals surface area contributed by atoms with Crippen molar-refractivity contribution in [3.8, 4) is 11.4 Å². The van der Waals surface area contributed by atoms with Crippen LogP contribution in [0.15, 0.2) is 16.9 Å². The number of nitrogens with two attached hydrogens (primary N) is 1. The summed E-state index contributed by atoms with van der Waals surface area (Å²) in [4.78, 5) is 16.9. The molecule has 90 valence electrons. The van der Waals surface area contributed by atoms with Gasteiger partial charge in [-0.2, -0.15) is 18.3 Å². The van der Waals surface area contributed by atoms with Crippen LogP contribution < -0.4 is 11.3 Å². The summed E-state index contributed by atoms with van der Waals surface area (Å²) in [7, 11) is 0. The summed E-state index contributed by atoms with van der Waals surface area (Å²) in [5.41, 5.74) is 3.55. The minimum atomic E-state index is -4.53. The maximum atomic E-state index is 12.3. The lowest BCUT2D eigenvalue weighted by molar-refractivity contribution is -0.141. The highest BCUT2D eigenvalue weighted by atomic mass is 19.4. The molecule has 2 aromatic rings. The molecule has 0 aliphatic carbocycles. The molecule has 0 atom stereocenters. The predicted octanol–water partition coefficient (Wildman–Crippen LogP) is 0.761. The van der Waals surface area contributed by atoms with E-state index in [2.05, 4.69) is 15.1 Å². The van der Waals surface area contributed by atoms with Gasteiger partial charge in [-0.25, -0.2) is 4.98 Å². The molecule has 6 nitrogen and oxygen atoms in total. The number of hydrogen-bond acceptors (Lipinski definition) is 4. The first-order valence-electron chi connectivity index (χ1n) is 4.36. The largest absolute Gasteiger partial charge is 0.432 e. The van der Waals surface area contributed by atoms with Gasteiger partial charge in [0.1, 0.15) is 11.4 Å². The Morgan fingerprint density at radius 2 is 1.94 bits per heavy atom. The smallest absolute Gasteiger partial charge is 0.369 e. The van der Waals surface area contributed by atoms with Crippen LogP contribution in [0, 0.1) is 0 Å². The second-order valence-electron chi connectivity index (χ2n) is 3.18. The van der Waals surface area contributed by atoms with Crippen molar-refractivity contribution in [2.24, 2.45) is 0 Å². The van der Waals surface area contributed by atoms with Crippen LogP contribution in [0.3, 0.4) is 0 Å². The van der Waals surface area contributed by atoms with Gasteiger partial charge in [0.15, 0.2) is 0 Å². The number of hydrogen-bond donors (Lipinski definition) is 3. The van der Waals surface area contributed by atoms with Crippen LogP contribution in [0.1, 0.15) is 5.69 Å². The second kappa shape index (κ2) is 3.61. The molecule has 0 bridgehead atoms. The van der Waals surface area contributed by atoms with Crippen LogP contribution in [-0.4, -0.2) is 20.2 Å². The molecule has 0 unspecified atom stereocenters. The highest BCUT2D eigenvalue weighted by Gasteiger charge is 2.33. The molecule has 0 aromatic carbocycles. The molecule has 0 saturated carbocycles. The topological polar surface area (TPSA) is 100 Å². The number of nitrogens with zero attached hydrogens (tertiary/aromatic N) is 2. The molecule has 2 aromatic heterocycles. The van der Waals surface area contributed by atoms with Crippen LogP contribution >= 0.6 is 0 Å². The van der Waals surface area contributed by atoms with Gasteiger partial charge in [-0.3, -0.25) is 14.9 Å². The maximum Gasteiger partial charge on any atom is 0.432 e. The zero-order valence-electron chi connectivity index (χ0n) is 8.17. The number of nitrogens with one attached hydrogen (secondary N) is 2. The van der Waals surface area contributed by atoms with Crippen molar-refractivity contribution in [3.63, 3.8) is 0 Å². The SMILES string of the molecule is Nc1nc(-c2cc(C(F)(F)F)[nH]n2)cc(=O)[nH]1. The van der Waals surface area contributed by atoms with Crippen molar-refractivity contribution >= 4 is 5.95 Å². The van der Waals surface area contributed by atoms with Crippen LogP contribution in [0.2, 0.25) is 0 Å². The van der Waals surface area contributed by atoms with E-state index in [1.54, 1.807) is 0 Å². The average Bonchev–Trinajstić information content (AvgIpc) is 2.63. The molecule has 0 fully saturated rings. The monoisotopic (exact) mass is 245 g/mol. The molecule has 2 rings (SSSR count). The minimum absolute atomic E-state index is 0.0296. The Labute approximate surface area is 91.7 Å². The Morgan fingerprint density at radius 1 is 1.24 bits per heavy atom. The van der Waals surface area contributed by atoms with Crippen molar-refractivity contribution < 1.29 is 13.2 Å². The van der Waals surface area contributed by atoms with E-state index in [0.29, 0.717) is 0 Å². The summed E-state index contributed by atoms with van der Waals surface area (Å²) in [5, 5.41) is 5.23. The molecule has 0 saturated heterocycles. The number of halogens is 3. The Morgan fingerprint density at radius 3 is 2.47 bits per heavy atom. The Kier molecular flexibility index (Phi) is 2.37. The van der Waals surface area contributed by atoms with Gasteiger partial charge in [-0.05, 0) is 6.07 Å². The Hall–Kier alpha value is -2.32. The fourth-order valence-electron chi connectivity index (χ4n) is 1.21. The second-order valence-corrected chi connectivity index (χ2v) is 3.18. The first kappa shape index (κ1) is 11.2. The number of alkyl halides is 3. The number of anilines is 1. The summed E-state index contributed by atoms with van der Waals surface area (Å²) in [5.74, 6) is -0.191. The van der Waals surface area contributed by atoms with E-state index in [1.807, 2.05) is 5.10 Å². The van der Waals surface area contributed by atoms with Crippen molar-refractivity contribution in [1.29, 1.82) is 0 Å². The Bertz CT molecular complexity index is 600. The third kappa shape index (κ3) is 2.27. The molecular weight excluding hydrogens is 239 g/mol. The van der Waals surface area contributed by atoms with Crippen molar-refractivity contribution in [1.82, 2.24) is 20.2 Å². The summed E-state index contributed by atoms with van der Waals surface area (Å²) >= 11 is 0. The molecule has 2 heterocycles. The standard InChI is InChI=1S/C8H6F3N5O/c9-8(10,11)5-1-4(15-16-5)3-2-6(17)14-7(12)13-3/h1-2H,(H,15,16)(H3,12,13,14,17). The van der Waals surface area contributed by atoms with Crippen LogP contribution in [0.4, 0.5) is 19.1 Å². The number of rotatable bonds is 1. The number of aromatic amines is 2. The quantitative estimate of drug-likeness (QED) is 0.690. The van der Waals surface area contributed by atoms with E-state index in [9.17, 15) is 18.0 Å². The van der Waals surface area contributed by atoms with E-state index in [1.165, 1.54) is 0 Å². The lowest BCUT2D eigenvalue weighted by atomic mass is 10.2. The molecule has 0 radical (unpaired) electrons. The van der Waals surface area contributed by atoms with E-state index < -0.39 is 17.4 Å². The number of H-pyrrole nitrogens is 2. The molecule has 17 heavy (non-hydrogen) atoms. The van der Waals surface area contributed by atoms with Gasteiger partial charge < -0.3 is 5.73 Å². The van der Waals surface area contributed by atoms with Crippen LogP contribution in [0.25, 0.3) is 11.4 Å². The molecule has 0 aliphatic heterocycles. The highest BCUT2D eigenvalue weighted by molar-refractivity contribution is 5.55. The first-order valence-corrected chi connectivity index (χ1v) is 4.36. The summed E-state index contributed by atoms with van der Waals surface area (Å²) in [6, 6.07) is 1.76. The van der Waals surface area contributed by atoms with E-state index in [0.717, 1.165) is 12.1 Å². The normalized spacial score (nSPS) is 11.7. The molecular formula is C8H6F3N5O. The predicted molar refractivity (Wildman–Crippen MR) is 51.9 cm³/mol. The lowest BCUT2D eigenvalue weighted by Crippen LogP contribution is -2.10. The van der Waals surface area contributed by atoms with Gasteiger partial charge in [0.25, 0.3) is 5.56 Å². The zero-order valence-corrected chi connectivity index (χ0v) is 8.17. The minimum Gasteiger partial charge on any atom is -0.369 e. The molecule has 0 spiro atoms. The van der Waals surface area contributed by atoms with Gasteiger partial charge in [0.05, 0.1) is 5.69 Å². The van der Waals surface area contributed by atoms with E-state index in [-0.39, 0.29) is 17.3 Å². The first-order chi connectivity index (χ1) is 7.86. The van der Waals surface area contributed by atoms with Crippen molar-refractivity contribution in [2.75, 3.05) is 5.73 Å².